The van der Waals surface area contributed by atoms with E-state index in [9.17, 15) is 17.6 Å². The van der Waals surface area contributed by atoms with Gasteiger partial charge in [0.1, 0.15) is 0 Å². The van der Waals surface area contributed by atoms with E-state index in [4.69, 9.17) is 52.1 Å². The van der Waals surface area contributed by atoms with Gasteiger partial charge in [0.2, 0.25) is 5.92 Å². The molecule has 0 aromatic rings. The molecule has 30 rings (SSSR count). The van der Waals surface area contributed by atoms with E-state index in [0.29, 0.717) is 68.1 Å². The highest BCUT2D eigenvalue weighted by Gasteiger charge is 2.75. The Hall–Kier alpha value is -1.32. The van der Waals surface area contributed by atoms with Gasteiger partial charge in [-0.3, -0.25) is 0 Å². The van der Waals surface area contributed by atoms with Crippen molar-refractivity contribution in [2.75, 3.05) is 421 Å². The Morgan fingerprint density at radius 3 is 0.799 bits per heavy atom. The maximum atomic E-state index is 12.4. The maximum absolute atomic E-state index is 12.4. The quantitative estimate of drug-likeness (QED) is 0.229. The van der Waals surface area contributed by atoms with Crippen LogP contribution in [-0.4, -0.2) is 530 Å². The molecular formula is C119H219F4N15O11. The van der Waals surface area contributed by atoms with Crippen LogP contribution in [0.5, 0.6) is 0 Å². The van der Waals surface area contributed by atoms with E-state index in [1.165, 1.54) is 369 Å². The van der Waals surface area contributed by atoms with Crippen molar-refractivity contribution < 1.29 is 69.7 Å². The van der Waals surface area contributed by atoms with Gasteiger partial charge < -0.3 is 126 Å². The van der Waals surface area contributed by atoms with Crippen molar-refractivity contribution in [3.8, 4) is 0 Å². The number of piperidine rings is 1. The molecule has 15 spiro atoms. The van der Waals surface area contributed by atoms with Gasteiger partial charge in [0.05, 0.1) is 61.4 Å². The fraction of sp³-hybridized carbons (Fsp3) is 1.00. The van der Waals surface area contributed by atoms with Gasteiger partial charge in [0.25, 0.3) is 5.92 Å². The number of likely N-dealkylation sites (tertiary alicyclic amines) is 15. The standard InChI is InChI=1S/C10H19NO.3C9H17NO.C9H17N.5C8H15NO.C7H11F2N.C7H13NO.C7H13N.C6H9F2N.C6H11NO/c1-11-6-2-10(3-7-11)4-8-12-9-5-10;1-10-5-2-9(8-10)3-6-11-7-4-9;1-10-5-4-9(7-10)3-2-6-11-8-9;1-10-6-5-9(8-10)4-2-3-7-11-9;1-10-7-9(8-10)5-3-2-4-6-9;1-9-5-8(6-9)3-7(4-8)10-2;1-9-6-8(7-9)2-4-10-5-3-8;1-9-4-2-8(6-9)3-5-10-7-8;1-9-5-4-8(7-9)3-2-6-10-8;1-9-6-8(7-9)4-2-3-5-10-8;1-10-4-6(5-10)2-7(8,9)3-6;1-8-4-7(5-8)2-3-9-6-7;1-8-5-7(6-8)3-2-4-7;1-9-3-5(4-9)2-6(5,7)8;1-7-2-6(3-7)4-8-5-6/h2-9H2,1H3;3*2-8H2,1H3;2-8H2,1H3;7H,3-6H2,1-2H3;4*2-7H2,1H3;2-5H2,1H3;2-6H2,1H3;2-6H2,1H3;2-4H2,1H3;2-5H2,1H3. The molecule has 0 N–H and O–H groups in total. The zero-order chi connectivity index (χ0) is 106. The van der Waals surface area contributed by atoms with Crippen LogP contribution >= 0.6 is 0 Å². The molecule has 30 fully saturated rings. The summed E-state index contributed by atoms with van der Waals surface area (Å²) in [6, 6.07) is 0. The molecule has 864 valence electrons. The molecule has 0 amide bonds. The lowest BCUT2D eigenvalue weighted by atomic mass is 9.61. The molecule has 0 bridgehead atoms. The lowest BCUT2D eigenvalue weighted by Crippen LogP contribution is -2.64. The topological polar surface area (TPSA) is 150 Å². The molecule has 25 saturated heterocycles. The molecule has 4 atom stereocenters. The van der Waals surface area contributed by atoms with Gasteiger partial charge in [-0.25, -0.2) is 17.6 Å². The van der Waals surface area contributed by atoms with E-state index in [0.717, 1.165) is 162 Å². The molecule has 5 saturated carbocycles. The predicted octanol–water partition coefficient (Wildman–Crippen LogP) is 14.5. The fourth-order valence-corrected chi connectivity index (χ4v) is 33.0. The Morgan fingerprint density at radius 1 is 0.195 bits per heavy atom. The monoisotopic (exact) mass is 2110 g/mol. The number of halogens is 4. The smallest absolute Gasteiger partial charge is 0.257 e. The predicted molar refractivity (Wildman–Crippen MR) is 590 cm³/mol. The zero-order valence-electron chi connectivity index (χ0n) is 97.9. The molecule has 5 aliphatic carbocycles. The van der Waals surface area contributed by atoms with E-state index in [1.54, 1.807) is 0 Å². The lowest BCUT2D eigenvalue weighted by Gasteiger charge is -2.57. The highest BCUT2D eigenvalue weighted by molar-refractivity contribution is 5.18. The number of alkyl halides is 4. The zero-order valence-corrected chi connectivity index (χ0v) is 97.9. The summed E-state index contributed by atoms with van der Waals surface area (Å²) in [7, 11) is 34.2. The van der Waals surface area contributed by atoms with Crippen molar-refractivity contribution in [2.24, 2.45) is 65.0 Å². The third-order valence-corrected chi connectivity index (χ3v) is 41.5. The summed E-state index contributed by atoms with van der Waals surface area (Å²) in [6.07, 6.45) is 48.4. The van der Waals surface area contributed by atoms with Gasteiger partial charge in [0, 0.05) is 307 Å². The fourth-order valence-electron chi connectivity index (χ4n) is 33.0. The Morgan fingerprint density at radius 2 is 0.477 bits per heavy atom. The van der Waals surface area contributed by atoms with E-state index < -0.39 is 17.3 Å². The van der Waals surface area contributed by atoms with Gasteiger partial charge in [-0.15, -0.1) is 0 Å². The minimum Gasteiger partial charge on any atom is -0.381 e. The summed E-state index contributed by atoms with van der Waals surface area (Å²) in [5, 5.41) is 0. The summed E-state index contributed by atoms with van der Waals surface area (Å²) in [5.41, 5.74) is 6.96. The van der Waals surface area contributed by atoms with Crippen LogP contribution in [0.1, 0.15) is 244 Å². The minimum absolute atomic E-state index is 0.0260. The lowest BCUT2D eigenvalue weighted by molar-refractivity contribution is -0.208. The number of hydrogen-bond donors (Lipinski definition) is 0. The van der Waals surface area contributed by atoms with Gasteiger partial charge in [-0.2, -0.15) is 0 Å². The van der Waals surface area contributed by atoms with Gasteiger partial charge in [0.15, 0.2) is 0 Å². The first-order valence-electron chi connectivity index (χ1n) is 60.5. The van der Waals surface area contributed by atoms with E-state index >= 15 is 0 Å². The summed E-state index contributed by atoms with van der Waals surface area (Å²) in [4.78, 5) is 35.2. The van der Waals surface area contributed by atoms with Gasteiger partial charge >= 0.3 is 0 Å². The normalized spacial score (nSPS) is 35.5. The number of nitrogens with zero attached hydrogens (tertiary/aromatic N) is 15. The molecule has 0 aromatic heterocycles. The largest absolute Gasteiger partial charge is 0.381 e. The molecular weight excluding hydrogens is 1890 g/mol. The minimum atomic E-state index is -2.33. The van der Waals surface area contributed by atoms with Crippen molar-refractivity contribution in [1.82, 2.24) is 73.5 Å². The molecule has 0 radical (unpaired) electrons. The first-order chi connectivity index (χ1) is 71.0. The summed E-state index contributed by atoms with van der Waals surface area (Å²) in [5.74, 6) is -4.65. The maximum Gasteiger partial charge on any atom is 0.257 e. The summed E-state index contributed by atoms with van der Waals surface area (Å²) in [6.45, 7) is 53.0. The van der Waals surface area contributed by atoms with Gasteiger partial charge in [-0.05, 0) is 359 Å². The second kappa shape index (κ2) is 52.0. The highest BCUT2D eigenvalue weighted by atomic mass is 19.3. The molecule has 149 heavy (non-hydrogen) atoms. The van der Waals surface area contributed by atoms with Crippen molar-refractivity contribution in [3.05, 3.63) is 0 Å². The molecule has 0 aromatic carbocycles. The number of likely N-dealkylation sites (N-methyl/N-ethyl adjacent to an activating group) is 3. The first-order valence-corrected chi connectivity index (χ1v) is 60.5. The second-order valence-electron chi connectivity index (χ2n) is 57.0. The number of rotatable bonds is 1. The molecule has 30 aliphatic rings. The molecule has 25 aliphatic heterocycles. The van der Waals surface area contributed by atoms with Crippen molar-refractivity contribution in [2.45, 2.75) is 279 Å². The number of methoxy groups -OCH3 is 1. The Kier molecular flexibility index (Phi) is 41.9. The molecule has 25 heterocycles. The van der Waals surface area contributed by atoms with Crippen molar-refractivity contribution in [1.29, 1.82) is 0 Å². The van der Waals surface area contributed by atoms with Crippen LogP contribution in [0, 0.1) is 65.0 Å². The third kappa shape index (κ3) is 32.9. The molecule has 30 heteroatoms. The average molecular weight is 2110 g/mol. The highest BCUT2D eigenvalue weighted by Crippen LogP contribution is 2.65. The van der Waals surface area contributed by atoms with Crippen LogP contribution in [0.2, 0.25) is 0 Å². The van der Waals surface area contributed by atoms with E-state index in [2.05, 4.69) is 160 Å². The summed E-state index contributed by atoms with van der Waals surface area (Å²) >= 11 is 0. The number of ether oxygens (including phenoxy) is 11. The Bertz CT molecular complexity index is 3580. The Labute approximate surface area is 903 Å². The van der Waals surface area contributed by atoms with Crippen LogP contribution in [0.25, 0.3) is 0 Å². The van der Waals surface area contributed by atoms with Crippen LogP contribution in [0.4, 0.5) is 17.6 Å². The van der Waals surface area contributed by atoms with Crippen LogP contribution in [-0.2, 0) is 52.1 Å². The van der Waals surface area contributed by atoms with Crippen LogP contribution < -0.4 is 0 Å². The molecule has 26 nitrogen and oxygen atoms in total. The van der Waals surface area contributed by atoms with Gasteiger partial charge in [-0.1, -0.05) is 25.7 Å². The summed E-state index contributed by atoms with van der Waals surface area (Å²) < 4.78 is 109. The van der Waals surface area contributed by atoms with Crippen molar-refractivity contribution in [3.63, 3.8) is 0 Å². The SMILES string of the molecule is CN1CC2(C1)CC(F)(F)C2.CN1CC2(C1)CC2(F)F.CN1CC2(CCC2)C1.CN1CC2(CCCCC2)C1.CN1CC2(CCCCO2)C1.CN1CC2(CCOC2)C1.CN1CC2(CCOCC2)C1.CN1CC2(COC2)C1.CN1CCC2(CCCCO2)C1.CN1CCC2(CCCO2)C1.CN1CCC2(CCCOC2)C1.CN1CCC2(CCOC2)C1.CN1CCC2(CCOCC2)C1.CN1CCC2(CCOCC2)CC1.COC1CC2(C1)CN(C)C2. The first kappa shape index (κ1) is 120. The van der Waals surface area contributed by atoms with Crippen LogP contribution in [0.3, 0.4) is 0 Å². The van der Waals surface area contributed by atoms with Crippen LogP contribution in [0.15, 0.2) is 0 Å². The Balaban J connectivity index is 0.000000114. The molecule has 4 unspecified atom stereocenters. The van der Waals surface area contributed by atoms with Crippen molar-refractivity contribution >= 4 is 0 Å². The second-order valence-corrected chi connectivity index (χ2v) is 57.0. The van der Waals surface area contributed by atoms with E-state index in [-0.39, 0.29) is 35.9 Å². The third-order valence-electron chi connectivity index (χ3n) is 41.5. The van der Waals surface area contributed by atoms with E-state index in [1.807, 2.05) is 26.1 Å². The average Bonchev–Trinajstić information content (AvgIpc) is 1.51. The number of hydrogen-bond acceptors (Lipinski definition) is 26.